The third kappa shape index (κ3) is 5.99. The second kappa shape index (κ2) is 10.6. The number of nitrogens with one attached hydrogen (secondary N) is 3. The van der Waals surface area contributed by atoms with Gasteiger partial charge in [0.1, 0.15) is 5.75 Å². The Morgan fingerprint density at radius 2 is 1.69 bits per heavy atom. The number of hydrogen-bond donors (Lipinski definition) is 3. The maximum Gasteiger partial charge on any atom is 0.261 e. The number of ether oxygens (including phenoxy) is 1. The van der Waals surface area contributed by atoms with Gasteiger partial charge in [-0.2, -0.15) is 0 Å². The fourth-order valence-electron chi connectivity index (χ4n) is 4.07. The molecule has 0 spiro atoms. The first-order valence-electron chi connectivity index (χ1n) is 11.3. The van der Waals surface area contributed by atoms with Gasteiger partial charge in [-0.25, -0.2) is 8.42 Å². The summed E-state index contributed by atoms with van der Waals surface area (Å²) in [6.45, 7) is -0.149. The Morgan fingerprint density at radius 3 is 2.40 bits per heavy atom. The van der Waals surface area contributed by atoms with Gasteiger partial charge in [-0.1, -0.05) is 24.3 Å². The first-order valence-corrected chi connectivity index (χ1v) is 12.8. The lowest BCUT2D eigenvalue weighted by Gasteiger charge is -2.26. The molecule has 0 unspecified atom stereocenters. The predicted octanol–water partition coefficient (Wildman–Crippen LogP) is 3.42. The van der Waals surface area contributed by atoms with Gasteiger partial charge < -0.3 is 15.4 Å². The Labute approximate surface area is 204 Å². The van der Waals surface area contributed by atoms with Crippen molar-refractivity contribution >= 4 is 27.5 Å². The molecule has 2 amide bonds. The zero-order chi connectivity index (χ0) is 24.8. The number of amides is 2. The molecule has 1 aliphatic carbocycles. The molecule has 3 N–H and O–H groups in total. The minimum absolute atomic E-state index is 0.0534. The zero-order valence-corrected chi connectivity index (χ0v) is 20.1. The number of aryl methyl sites for hydroxylation is 1. The highest BCUT2D eigenvalue weighted by Crippen LogP contribution is 2.29. The van der Waals surface area contributed by atoms with E-state index in [1.165, 1.54) is 49.1 Å². The molecule has 1 aliphatic rings. The number of methoxy groups -OCH3 is 1. The molecular weight excluding hydrogens is 466 g/mol. The van der Waals surface area contributed by atoms with Crippen LogP contribution in [0.5, 0.6) is 5.75 Å². The second-order valence-corrected chi connectivity index (χ2v) is 9.93. The molecule has 35 heavy (non-hydrogen) atoms. The van der Waals surface area contributed by atoms with Gasteiger partial charge in [-0.15, -0.1) is 0 Å². The summed E-state index contributed by atoms with van der Waals surface area (Å²) in [7, 11) is -2.29. The molecule has 3 aromatic rings. The van der Waals surface area contributed by atoms with E-state index in [-0.39, 0.29) is 23.4 Å². The third-order valence-corrected chi connectivity index (χ3v) is 7.28. The fourth-order valence-corrected chi connectivity index (χ4v) is 5.13. The highest BCUT2D eigenvalue weighted by molar-refractivity contribution is 7.92. The molecule has 0 bridgehead atoms. The van der Waals surface area contributed by atoms with E-state index < -0.39 is 15.9 Å². The molecule has 1 atom stereocenters. The average Bonchev–Trinajstić information content (AvgIpc) is 2.88. The van der Waals surface area contributed by atoms with E-state index in [0.717, 1.165) is 24.8 Å². The van der Waals surface area contributed by atoms with E-state index in [0.29, 0.717) is 17.0 Å². The Hall–Kier alpha value is -3.85. The number of anilines is 1. The lowest BCUT2D eigenvalue weighted by atomic mass is 9.88. The van der Waals surface area contributed by atoms with Crippen LogP contribution < -0.4 is 20.1 Å². The maximum atomic E-state index is 12.6. The van der Waals surface area contributed by atoms with E-state index in [1.807, 2.05) is 18.2 Å². The fraction of sp³-hybridized carbons (Fsp3) is 0.231. The number of benzene rings is 3. The van der Waals surface area contributed by atoms with Crippen molar-refractivity contribution in [1.82, 2.24) is 10.6 Å². The van der Waals surface area contributed by atoms with Crippen LogP contribution >= 0.6 is 0 Å². The van der Waals surface area contributed by atoms with Crippen LogP contribution in [0.3, 0.4) is 0 Å². The molecule has 0 aliphatic heterocycles. The van der Waals surface area contributed by atoms with Crippen LogP contribution in [-0.4, -0.2) is 33.9 Å². The molecule has 0 radical (unpaired) electrons. The zero-order valence-electron chi connectivity index (χ0n) is 19.3. The number of carbonyl (C=O) groups excluding carboxylic acids is 2. The molecule has 0 aromatic heterocycles. The number of carbonyl (C=O) groups is 2. The number of sulfonamides is 1. The molecule has 0 fully saturated rings. The Morgan fingerprint density at radius 1 is 0.971 bits per heavy atom. The van der Waals surface area contributed by atoms with Gasteiger partial charge in [-0.3, -0.25) is 14.3 Å². The minimum Gasteiger partial charge on any atom is -0.497 e. The van der Waals surface area contributed by atoms with Gasteiger partial charge in [0.05, 0.1) is 24.6 Å². The van der Waals surface area contributed by atoms with E-state index in [2.05, 4.69) is 21.4 Å². The lowest BCUT2D eigenvalue weighted by Crippen LogP contribution is -2.39. The van der Waals surface area contributed by atoms with Crippen molar-refractivity contribution < 1.29 is 22.7 Å². The summed E-state index contributed by atoms with van der Waals surface area (Å²) in [6, 6.07) is 20.0. The largest absolute Gasteiger partial charge is 0.497 e. The molecule has 8 nitrogen and oxygen atoms in total. The highest BCUT2D eigenvalue weighted by Gasteiger charge is 2.21. The van der Waals surface area contributed by atoms with E-state index in [9.17, 15) is 18.0 Å². The molecule has 3 aromatic carbocycles. The Bertz CT molecular complexity index is 1310. The standard InChI is InChI=1S/C26H27N3O5S/c1-34-21-13-15-22(16-14-21)35(32,33)29-20-11-9-19(10-12-20)26(31)27-17-25(30)28-24-8-4-6-18-5-2-3-7-23(18)24/h2-3,5,7,9-16,24,29H,4,6,8,17H2,1H3,(H,27,31)(H,28,30)/t24-/m0/s1. The normalized spacial score (nSPS) is 14.9. The minimum atomic E-state index is -3.79. The van der Waals surface area contributed by atoms with Crippen LogP contribution in [0, 0.1) is 0 Å². The first-order chi connectivity index (χ1) is 16.9. The van der Waals surface area contributed by atoms with Crippen molar-refractivity contribution in [2.75, 3.05) is 18.4 Å². The molecule has 4 rings (SSSR count). The number of rotatable bonds is 8. The van der Waals surface area contributed by atoms with Gasteiger partial charge in [0.25, 0.3) is 15.9 Å². The summed E-state index contributed by atoms with van der Waals surface area (Å²) >= 11 is 0. The molecule has 0 saturated heterocycles. The van der Waals surface area contributed by atoms with Crippen molar-refractivity contribution in [2.45, 2.75) is 30.2 Å². The van der Waals surface area contributed by atoms with E-state index in [4.69, 9.17) is 4.74 Å². The second-order valence-electron chi connectivity index (χ2n) is 8.25. The highest BCUT2D eigenvalue weighted by atomic mass is 32.2. The summed E-state index contributed by atoms with van der Waals surface area (Å²) < 4.78 is 32.6. The first kappa shape index (κ1) is 24.3. The summed E-state index contributed by atoms with van der Waals surface area (Å²) in [4.78, 5) is 25.0. The van der Waals surface area contributed by atoms with Crippen LogP contribution in [0.25, 0.3) is 0 Å². The SMILES string of the molecule is COc1ccc(S(=O)(=O)Nc2ccc(C(=O)NCC(=O)N[C@H]3CCCc4ccccc43)cc2)cc1. The molecule has 182 valence electrons. The Balaban J connectivity index is 1.31. The van der Waals surface area contributed by atoms with Crippen molar-refractivity contribution in [2.24, 2.45) is 0 Å². The summed E-state index contributed by atoms with van der Waals surface area (Å²) in [5, 5.41) is 5.62. The smallest absolute Gasteiger partial charge is 0.261 e. The lowest BCUT2D eigenvalue weighted by molar-refractivity contribution is -0.121. The van der Waals surface area contributed by atoms with Crippen LogP contribution in [-0.2, 0) is 21.2 Å². The maximum absolute atomic E-state index is 12.6. The van der Waals surface area contributed by atoms with Crippen LogP contribution in [0.15, 0.2) is 77.7 Å². The summed E-state index contributed by atoms with van der Waals surface area (Å²) in [5.41, 5.74) is 3.00. The predicted molar refractivity (Wildman–Crippen MR) is 133 cm³/mol. The third-order valence-electron chi connectivity index (χ3n) is 5.88. The van der Waals surface area contributed by atoms with E-state index in [1.54, 1.807) is 12.1 Å². The van der Waals surface area contributed by atoms with Crippen LogP contribution in [0.4, 0.5) is 5.69 Å². The van der Waals surface area contributed by atoms with Crippen molar-refractivity contribution in [3.63, 3.8) is 0 Å². The van der Waals surface area contributed by atoms with Gasteiger partial charge in [0, 0.05) is 11.3 Å². The summed E-state index contributed by atoms with van der Waals surface area (Å²) in [6.07, 6.45) is 2.87. The molecule has 0 saturated carbocycles. The van der Waals surface area contributed by atoms with Gasteiger partial charge in [0.15, 0.2) is 0 Å². The van der Waals surface area contributed by atoms with Crippen molar-refractivity contribution in [1.29, 1.82) is 0 Å². The molecule has 0 heterocycles. The van der Waals surface area contributed by atoms with Gasteiger partial charge in [-0.05, 0) is 78.9 Å². The molecular formula is C26H27N3O5S. The van der Waals surface area contributed by atoms with Crippen LogP contribution in [0.1, 0.15) is 40.4 Å². The van der Waals surface area contributed by atoms with E-state index >= 15 is 0 Å². The van der Waals surface area contributed by atoms with Crippen molar-refractivity contribution in [3.05, 3.63) is 89.5 Å². The number of fused-ring (bicyclic) bond motifs is 1. The molecule has 9 heteroatoms. The van der Waals surface area contributed by atoms with Gasteiger partial charge >= 0.3 is 0 Å². The number of hydrogen-bond acceptors (Lipinski definition) is 5. The topological polar surface area (TPSA) is 114 Å². The summed E-state index contributed by atoms with van der Waals surface area (Å²) in [5.74, 6) is -0.130. The monoisotopic (exact) mass is 493 g/mol. The average molecular weight is 494 g/mol. The van der Waals surface area contributed by atoms with Crippen molar-refractivity contribution in [3.8, 4) is 5.75 Å². The Kier molecular flexibility index (Phi) is 7.36. The van der Waals surface area contributed by atoms with Gasteiger partial charge in [0.2, 0.25) is 5.91 Å². The van der Waals surface area contributed by atoms with Crippen LogP contribution in [0.2, 0.25) is 0 Å². The quantitative estimate of drug-likeness (QED) is 0.445.